The zero-order valence-corrected chi connectivity index (χ0v) is 15.2. The van der Waals surface area contributed by atoms with E-state index >= 15 is 0 Å². The number of alkyl halides is 3. The van der Waals surface area contributed by atoms with Gasteiger partial charge in [0, 0.05) is 25.3 Å². The maximum Gasteiger partial charge on any atom is 0.417 e. The number of halogens is 3. The van der Waals surface area contributed by atoms with Crippen LogP contribution in [0.2, 0.25) is 0 Å². The van der Waals surface area contributed by atoms with Crippen LogP contribution < -0.4 is 5.73 Å². The van der Waals surface area contributed by atoms with Crippen LogP contribution in [-0.2, 0) is 6.18 Å². The van der Waals surface area contributed by atoms with Crippen molar-refractivity contribution in [1.82, 2.24) is 19.7 Å². The summed E-state index contributed by atoms with van der Waals surface area (Å²) in [5.41, 5.74) is 6.14. The molecule has 3 heterocycles. The number of hydrogen-bond donors (Lipinski definition) is 1. The smallest absolute Gasteiger partial charge is 0.338 e. The number of pyridine rings is 1. The molecular weight excluding hydrogens is 359 g/mol. The SMILES string of the molecule is CC(C)c1c(C(=O)N2CCC(N)CC2)cnn1-c1ccc(C(F)(F)F)cn1. The highest BCUT2D eigenvalue weighted by atomic mass is 19.4. The molecule has 3 rings (SSSR count). The summed E-state index contributed by atoms with van der Waals surface area (Å²) in [6.07, 6.45) is -0.721. The molecule has 0 bridgehead atoms. The van der Waals surface area contributed by atoms with Crippen molar-refractivity contribution in [2.24, 2.45) is 5.73 Å². The van der Waals surface area contributed by atoms with E-state index in [4.69, 9.17) is 5.73 Å². The molecule has 1 aliphatic rings. The summed E-state index contributed by atoms with van der Waals surface area (Å²) in [5.74, 6) is 0.0396. The van der Waals surface area contributed by atoms with Crippen molar-refractivity contribution in [2.75, 3.05) is 13.1 Å². The molecule has 1 saturated heterocycles. The summed E-state index contributed by atoms with van der Waals surface area (Å²) >= 11 is 0. The van der Waals surface area contributed by atoms with Gasteiger partial charge in [-0.05, 0) is 30.9 Å². The van der Waals surface area contributed by atoms with Crippen molar-refractivity contribution in [1.29, 1.82) is 0 Å². The molecular formula is C18H22F3N5O. The van der Waals surface area contributed by atoms with Crippen molar-refractivity contribution in [3.05, 3.63) is 41.3 Å². The minimum absolute atomic E-state index is 0.0670. The first-order chi connectivity index (χ1) is 12.7. The second kappa shape index (κ2) is 7.30. The minimum Gasteiger partial charge on any atom is -0.338 e. The lowest BCUT2D eigenvalue weighted by atomic mass is 10.0. The Labute approximate surface area is 155 Å². The lowest BCUT2D eigenvalue weighted by molar-refractivity contribution is -0.137. The Bertz CT molecular complexity index is 805. The predicted molar refractivity (Wildman–Crippen MR) is 93.6 cm³/mol. The second-order valence-electron chi connectivity index (χ2n) is 7.04. The number of nitrogens with two attached hydrogens (primary N) is 1. The molecule has 0 atom stereocenters. The van der Waals surface area contributed by atoms with Crippen molar-refractivity contribution < 1.29 is 18.0 Å². The highest BCUT2D eigenvalue weighted by molar-refractivity contribution is 5.95. The quantitative estimate of drug-likeness (QED) is 0.887. The van der Waals surface area contributed by atoms with Crippen LogP contribution in [0.15, 0.2) is 24.5 Å². The van der Waals surface area contributed by atoms with Crippen LogP contribution in [0.5, 0.6) is 0 Å². The molecule has 27 heavy (non-hydrogen) atoms. The maximum atomic E-state index is 12.9. The van der Waals surface area contributed by atoms with Crippen molar-refractivity contribution >= 4 is 5.91 Å². The van der Waals surface area contributed by atoms with Gasteiger partial charge in [0.2, 0.25) is 0 Å². The molecule has 6 nitrogen and oxygen atoms in total. The van der Waals surface area contributed by atoms with E-state index < -0.39 is 11.7 Å². The van der Waals surface area contributed by atoms with Gasteiger partial charge >= 0.3 is 6.18 Å². The molecule has 9 heteroatoms. The van der Waals surface area contributed by atoms with Gasteiger partial charge in [0.1, 0.15) is 0 Å². The molecule has 146 valence electrons. The lowest BCUT2D eigenvalue weighted by Crippen LogP contribution is -2.43. The van der Waals surface area contributed by atoms with Crippen LogP contribution >= 0.6 is 0 Å². The van der Waals surface area contributed by atoms with Crippen molar-refractivity contribution in [3.8, 4) is 5.82 Å². The number of carbonyl (C=O) groups is 1. The van der Waals surface area contributed by atoms with E-state index in [2.05, 4.69) is 10.1 Å². The number of amides is 1. The van der Waals surface area contributed by atoms with Crippen LogP contribution in [0.25, 0.3) is 5.82 Å². The van der Waals surface area contributed by atoms with E-state index in [1.807, 2.05) is 13.8 Å². The molecule has 1 aliphatic heterocycles. The average Bonchev–Trinajstić information content (AvgIpc) is 3.06. The first kappa shape index (κ1) is 19.3. The number of piperidine rings is 1. The molecule has 2 aromatic heterocycles. The van der Waals surface area contributed by atoms with Gasteiger partial charge in [0.25, 0.3) is 5.91 Å². The molecule has 2 aromatic rings. The van der Waals surface area contributed by atoms with Crippen molar-refractivity contribution in [2.45, 2.75) is 44.8 Å². The number of nitrogens with zero attached hydrogens (tertiary/aromatic N) is 4. The fourth-order valence-electron chi connectivity index (χ4n) is 3.21. The average molecular weight is 381 g/mol. The highest BCUT2D eigenvalue weighted by Gasteiger charge is 2.31. The van der Waals surface area contributed by atoms with Crippen LogP contribution in [-0.4, -0.2) is 44.7 Å². The summed E-state index contributed by atoms with van der Waals surface area (Å²) in [6.45, 7) is 4.98. The first-order valence-electron chi connectivity index (χ1n) is 8.85. The Hall–Kier alpha value is -2.42. The summed E-state index contributed by atoms with van der Waals surface area (Å²) in [6, 6.07) is 2.33. The number of aromatic nitrogens is 3. The molecule has 1 fully saturated rings. The molecule has 0 spiro atoms. The number of likely N-dealkylation sites (tertiary alicyclic amines) is 1. The summed E-state index contributed by atoms with van der Waals surface area (Å²) < 4.78 is 39.7. The van der Waals surface area contributed by atoms with E-state index in [1.54, 1.807) is 4.90 Å². The fourth-order valence-corrected chi connectivity index (χ4v) is 3.21. The third-order valence-electron chi connectivity index (χ3n) is 4.70. The fraction of sp³-hybridized carbons (Fsp3) is 0.500. The predicted octanol–water partition coefficient (Wildman–Crippen LogP) is 2.97. The van der Waals surface area contributed by atoms with E-state index in [0.29, 0.717) is 24.3 Å². The number of carbonyl (C=O) groups excluding carboxylic acids is 1. The topological polar surface area (TPSA) is 77.0 Å². The monoisotopic (exact) mass is 381 g/mol. The maximum absolute atomic E-state index is 12.9. The van der Waals surface area contributed by atoms with Crippen LogP contribution in [0.4, 0.5) is 13.2 Å². The van der Waals surface area contributed by atoms with Gasteiger partial charge in [-0.25, -0.2) is 9.67 Å². The van der Waals surface area contributed by atoms with E-state index in [0.717, 1.165) is 25.1 Å². The Morgan fingerprint density at radius 2 is 1.89 bits per heavy atom. The van der Waals surface area contributed by atoms with Gasteiger partial charge in [0.15, 0.2) is 5.82 Å². The standard InChI is InChI=1S/C18H22F3N5O/c1-11(2)16-14(17(27)25-7-5-13(22)6-8-25)10-24-26(16)15-4-3-12(9-23-15)18(19,20)21/h3-4,9-11,13H,5-8,22H2,1-2H3. The third kappa shape index (κ3) is 3.97. The van der Waals surface area contributed by atoms with Crippen LogP contribution in [0.1, 0.15) is 54.2 Å². The van der Waals surface area contributed by atoms with E-state index in [1.165, 1.54) is 16.9 Å². The largest absolute Gasteiger partial charge is 0.417 e. The zero-order valence-electron chi connectivity index (χ0n) is 15.2. The molecule has 2 N–H and O–H groups in total. The summed E-state index contributed by atoms with van der Waals surface area (Å²) in [4.78, 5) is 18.6. The van der Waals surface area contributed by atoms with E-state index in [9.17, 15) is 18.0 Å². The molecule has 0 unspecified atom stereocenters. The lowest BCUT2D eigenvalue weighted by Gasteiger charge is -2.30. The van der Waals surface area contributed by atoms with Gasteiger partial charge in [-0.15, -0.1) is 0 Å². The molecule has 0 aromatic carbocycles. The second-order valence-corrected chi connectivity index (χ2v) is 7.04. The van der Waals surface area contributed by atoms with Crippen molar-refractivity contribution in [3.63, 3.8) is 0 Å². The summed E-state index contributed by atoms with van der Waals surface area (Å²) in [5, 5.41) is 4.23. The van der Waals surface area contributed by atoms with Crippen LogP contribution in [0, 0.1) is 0 Å². The van der Waals surface area contributed by atoms with E-state index in [-0.39, 0.29) is 23.7 Å². The Morgan fingerprint density at radius 3 is 2.41 bits per heavy atom. The van der Waals surface area contributed by atoms with Crippen LogP contribution in [0.3, 0.4) is 0 Å². The normalized spacial score (nSPS) is 16.2. The first-order valence-corrected chi connectivity index (χ1v) is 8.85. The molecule has 0 radical (unpaired) electrons. The Kier molecular flexibility index (Phi) is 5.23. The van der Waals surface area contributed by atoms with Gasteiger partial charge in [-0.1, -0.05) is 13.8 Å². The molecule has 0 saturated carbocycles. The summed E-state index contributed by atoms with van der Waals surface area (Å²) in [7, 11) is 0. The Morgan fingerprint density at radius 1 is 1.22 bits per heavy atom. The van der Waals surface area contributed by atoms with Gasteiger partial charge < -0.3 is 10.6 Å². The zero-order chi connectivity index (χ0) is 19.8. The molecule has 0 aliphatic carbocycles. The number of rotatable bonds is 3. The van der Waals surface area contributed by atoms with Gasteiger partial charge in [0.05, 0.1) is 23.0 Å². The Balaban J connectivity index is 1.93. The van der Waals surface area contributed by atoms with Gasteiger partial charge in [-0.2, -0.15) is 18.3 Å². The highest BCUT2D eigenvalue weighted by Crippen LogP contribution is 2.30. The molecule has 1 amide bonds. The number of hydrogen-bond acceptors (Lipinski definition) is 4. The third-order valence-corrected chi connectivity index (χ3v) is 4.70. The minimum atomic E-state index is -4.45. The van der Waals surface area contributed by atoms with Gasteiger partial charge in [-0.3, -0.25) is 4.79 Å².